The van der Waals surface area contributed by atoms with Crippen LogP contribution in [-0.2, 0) is 0 Å². The van der Waals surface area contributed by atoms with Crippen LogP contribution < -0.4 is 0 Å². The van der Waals surface area contributed by atoms with Gasteiger partial charge in [0.05, 0.1) is 3.36 Å². The Bertz CT molecular complexity index is 188. The Morgan fingerprint density at radius 2 is 1.13 bits per heavy atom. The van der Waals surface area contributed by atoms with Crippen molar-refractivity contribution < 1.29 is 0 Å². The van der Waals surface area contributed by atoms with E-state index in [4.69, 9.17) is 0 Å². The van der Waals surface area contributed by atoms with Crippen molar-refractivity contribution in [1.29, 1.82) is 0 Å². The molecule has 0 fully saturated rings. The Morgan fingerprint density at radius 3 is 1.40 bits per heavy atom. The lowest BCUT2D eigenvalue weighted by atomic mass is 10.2. The lowest BCUT2D eigenvalue weighted by Gasteiger charge is -2.32. The quantitative estimate of drug-likeness (QED) is 0.206. The van der Waals surface area contributed by atoms with E-state index in [-0.39, 0.29) is 0 Å². The fourth-order valence-corrected chi connectivity index (χ4v) is 9.87. The van der Waals surface area contributed by atoms with Crippen molar-refractivity contribution in [1.82, 2.24) is 0 Å². The highest BCUT2D eigenvalue weighted by molar-refractivity contribution is 14.2. The van der Waals surface area contributed by atoms with E-state index in [1.807, 2.05) is 0 Å². The summed E-state index contributed by atoms with van der Waals surface area (Å²) in [7, 11) is 0. The van der Waals surface area contributed by atoms with Crippen LogP contribution >= 0.6 is 181 Å². The smallest absolute Gasteiger partial charge is 0.0802 e. The van der Waals surface area contributed by atoms with Crippen molar-refractivity contribution >= 4 is 181 Å². The maximum atomic E-state index is 2.63. The van der Waals surface area contributed by atoms with E-state index < -0.39 is 0 Å². The third kappa shape index (κ3) is 8.15. The molecule has 0 bridgehead atoms. The average Bonchev–Trinajstić information content (AvgIpc) is 2.11. The van der Waals surface area contributed by atoms with E-state index in [1.54, 1.807) is 0 Å². The molecule has 4 unspecified atom stereocenters. The molecule has 0 saturated carbocycles. The van der Waals surface area contributed by atoms with Crippen molar-refractivity contribution in [3.8, 4) is 0 Å². The Labute approximate surface area is 201 Å². The molecule has 15 heavy (non-hydrogen) atoms. The highest BCUT2D eigenvalue weighted by Gasteiger charge is 2.38. The lowest BCUT2D eigenvalue weighted by molar-refractivity contribution is 0.789. The second-order valence-corrected chi connectivity index (χ2v) is 20.3. The van der Waals surface area contributed by atoms with Crippen LogP contribution in [0.25, 0.3) is 0 Å². The zero-order valence-corrected chi connectivity index (χ0v) is 24.7. The van der Waals surface area contributed by atoms with Crippen molar-refractivity contribution in [3.05, 3.63) is 0 Å². The molecule has 0 N–H and O–H groups in total. The molecule has 92 valence electrons. The molecular weight excluding hydrogens is 1100 g/mol. The summed E-state index contributed by atoms with van der Waals surface area (Å²) in [6.45, 7) is 2.31. The minimum Gasteiger partial charge on any atom is -0.0802 e. The first-order valence-electron chi connectivity index (χ1n) is 3.81. The third-order valence-electron chi connectivity index (χ3n) is 1.61. The van der Waals surface area contributed by atoms with Gasteiger partial charge in [-0.25, -0.2) is 0 Å². The summed E-state index contributed by atoms with van der Waals surface area (Å²) in [4.78, 5) is 0. The normalized spacial score (nSPS) is 21.2. The maximum Gasteiger partial charge on any atom is 0.0834 e. The van der Waals surface area contributed by atoms with Crippen LogP contribution in [0.2, 0.25) is 0 Å². The van der Waals surface area contributed by atoms with Crippen LogP contribution in [0.4, 0.5) is 0 Å². The maximum absolute atomic E-state index is 2.63. The Kier molecular flexibility index (Phi) is 13.6. The van der Waals surface area contributed by atoms with Gasteiger partial charge < -0.3 is 0 Å². The van der Waals surface area contributed by atoms with Gasteiger partial charge in [-0.1, -0.05) is 181 Å². The molecule has 0 aromatic carbocycles. The fraction of sp³-hybridized carbons (Fsp3) is 1.00. The molecule has 0 saturated heterocycles. The number of alkyl halides is 8. The van der Waals surface area contributed by atoms with E-state index in [2.05, 4.69) is 188 Å². The van der Waals surface area contributed by atoms with Crippen LogP contribution in [0.3, 0.4) is 0 Å². The number of hydrogen-bond acceptors (Lipinski definition) is 0. The molecule has 0 radical (unpaired) electrons. The van der Waals surface area contributed by atoms with Gasteiger partial charge in [0.1, 0.15) is 0 Å². The van der Waals surface area contributed by atoms with Crippen LogP contribution in [0.1, 0.15) is 6.92 Å². The third-order valence-corrected chi connectivity index (χ3v) is 20.3. The fourth-order valence-electron chi connectivity index (χ4n) is 0.756. The first-order valence-corrected chi connectivity index (χ1v) is 13.4. The predicted molar refractivity (Wildman–Crippen MR) is 140 cm³/mol. The summed E-state index contributed by atoms with van der Waals surface area (Å²) in [5, 5.41) is 0. The predicted octanol–water partition coefficient (Wildman–Crippen LogP) is 6.98. The van der Waals surface area contributed by atoms with E-state index in [0.717, 1.165) is 11.8 Å². The highest BCUT2D eigenvalue weighted by Crippen LogP contribution is 2.44. The summed E-state index contributed by atoms with van der Waals surface area (Å²) >= 11 is 20.6. The van der Waals surface area contributed by atoms with Gasteiger partial charge in [-0.05, 0) is 6.92 Å². The van der Waals surface area contributed by atoms with Gasteiger partial charge in [-0.15, -0.1) is 0 Å². The summed E-state index contributed by atoms with van der Waals surface area (Å²) in [6, 6.07) is 0. The standard InChI is InChI=1S/C7H8I8/c1-7(14,15)5(11)3(9)2(8)4(10)6(12)13/h2-6H,1H3. The molecule has 0 amide bonds. The Morgan fingerprint density at radius 1 is 0.733 bits per heavy atom. The molecule has 0 rings (SSSR count). The van der Waals surface area contributed by atoms with Crippen molar-refractivity contribution in [2.24, 2.45) is 0 Å². The highest BCUT2D eigenvalue weighted by atomic mass is 127. The van der Waals surface area contributed by atoms with E-state index >= 15 is 0 Å². The van der Waals surface area contributed by atoms with Gasteiger partial charge >= 0.3 is 0 Å². The number of halogens is 8. The first kappa shape index (κ1) is 20.8. The second-order valence-electron chi connectivity index (χ2n) is 3.03. The molecule has 0 aliphatic heterocycles. The van der Waals surface area contributed by atoms with Gasteiger partial charge in [-0.2, -0.15) is 0 Å². The minimum absolute atomic E-state index is 0.341. The molecule has 0 aromatic rings. The molecule has 0 heterocycles. The van der Waals surface area contributed by atoms with Gasteiger partial charge in [0.25, 0.3) is 0 Å². The van der Waals surface area contributed by atoms with Crippen LogP contribution in [-0.4, -0.2) is 19.1 Å². The van der Waals surface area contributed by atoms with Crippen LogP contribution in [0.15, 0.2) is 0 Å². The molecule has 0 aliphatic rings. The van der Waals surface area contributed by atoms with Gasteiger partial charge in [0.15, 0.2) is 0 Å². The molecule has 0 aliphatic carbocycles. The monoisotopic (exact) mass is 1110 g/mol. The van der Waals surface area contributed by atoms with Crippen LogP contribution in [0, 0.1) is 0 Å². The molecule has 0 spiro atoms. The van der Waals surface area contributed by atoms with E-state index in [0.29, 0.717) is 7.28 Å². The number of hydrogen-bond donors (Lipinski definition) is 0. The Hall–Kier alpha value is 5.84. The minimum atomic E-state index is 0.341. The van der Waals surface area contributed by atoms with E-state index in [9.17, 15) is 0 Å². The second kappa shape index (κ2) is 9.78. The summed E-state index contributed by atoms with van der Waals surface area (Å²) in [5.74, 6) is 0. The summed E-state index contributed by atoms with van der Waals surface area (Å²) in [6.07, 6.45) is 0. The van der Waals surface area contributed by atoms with Gasteiger partial charge in [-0.3, -0.25) is 0 Å². The molecule has 0 aromatic heterocycles. The van der Waals surface area contributed by atoms with Crippen molar-refractivity contribution in [2.75, 3.05) is 0 Å². The topological polar surface area (TPSA) is 0 Å². The van der Waals surface area contributed by atoms with Crippen LogP contribution in [0.5, 0.6) is 0 Å². The Balaban J connectivity index is 4.51. The number of rotatable bonds is 5. The summed E-state index contributed by atoms with van der Waals surface area (Å²) in [5.41, 5.74) is 0. The zero-order valence-electron chi connectivity index (χ0n) is 7.41. The van der Waals surface area contributed by atoms with Gasteiger partial charge in [0.2, 0.25) is 0 Å². The largest absolute Gasteiger partial charge is 0.0834 e. The SMILES string of the molecule is CC(I)(I)C(I)C(I)C(I)C(I)C(I)I. The lowest BCUT2D eigenvalue weighted by Crippen LogP contribution is -2.39. The zero-order chi connectivity index (χ0) is 12.4. The van der Waals surface area contributed by atoms with Crippen molar-refractivity contribution in [3.63, 3.8) is 0 Å². The van der Waals surface area contributed by atoms with Gasteiger partial charge in [0, 0.05) is 15.7 Å². The molecule has 8 heteroatoms. The average molecular weight is 1110 g/mol. The van der Waals surface area contributed by atoms with E-state index in [1.165, 1.54) is 0 Å². The molecule has 4 atom stereocenters. The molecule has 0 nitrogen and oxygen atoms in total. The molecular formula is C7H8I8. The first-order chi connectivity index (χ1) is 6.59. The van der Waals surface area contributed by atoms with Crippen molar-refractivity contribution in [2.45, 2.75) is 26.0 Å². The summed E-state index contributed by atoms with van der Waals surface area (Å²) < 4.78 is 3.93.